The molecule has 5 heteroatoms. The Bertz CT molecular complexity index is 459. The van der Waals surface area contributed by atoms with Crippen molar-refractivity contribution in [2.24, 2.45) is 5.11 Å². The molecule has 0 N–H and O–H groups in total. The van der Waals surface area contributed by atoms with Crippen molar-refractivity contribution in [3.05, 3.63) is 52.4 Å². The van der Waals surface area contributed by atoms with E-state index in [0.717, 1.165) is 5.57 Å². The SMILES string of the molecule is C=C(C)COc1ccc(C(=O)CN=[N+]=[N-])cc1. The molecular weight excluding hydrogens is 218 g/mol. The van der Waals surface area contributed by atoms with Crippen LogP contribution in [0.5, 0.6) is 5.75 Å². The normalized spacial score (nSPS) is 9.24. The summed E-state index contributed by atoms with van der Waals surface area (Å²) in [5.41, 5.74) is 9.53. The van der Waals surface area contributed by atoms with Crippen molar-refractivity contribution < 1.29 is 9.53 Å². The largest absolute Gasteiger partial charge is 0.489 e. The zero-order chi connectivity index (χ0) is 12.7. The van der Waals surface area contributed by atoms with Gasteiger partial charge in [0, 0.05) is 10.5 Å². The minimum atomic E-state index is -0.214. The molecule has 0 aliphatic heterocycles. The van der Waals surface area contributed by atoms with E-state index in [1.54, 1.807) is 24.3 Å². The molecule has 17 heavy (non-hydrogen) atoms. The van der Waals surface area contributed by atoms with Crippen molar-refractivity contribution in [2.75, 3.05) is 13.2 Å². The van der Waals surface area contributed by atoms with Crippen LogP contribution in [0.2, 0.25) is 0 Å². The van der Waals surface area contributed by atoms with E-state index in [9.17, 15) is 4.79 Å². The van der Waals surface area contributed by atoms with Gasteiger partial charge in [-0.25, -0.2) is 0 Å². The van der Waals surface area contributed by atoms with E-state index < -0.39 is 0 Å². The zero-order valence-electron chi connectivity index (χ0n) is 9.59. The molecule has 0 atom stereocenters. The molecule has 0 amide bonds. The lowest BCUT2D eigenvalue weighted by Crippen LogP contribution is -2.03. The van der Waals surface area contributed by atoms with Gasteiger partial charge in [-0.3, -0.25) is 4.79 Å². The number of hydrogen-bond donors (Lipinski definition) is 0. The van der Waals surface area contributed by atoms with Crippen LogP contribution in [-0.4, -0.2) is 18.9 Å². The maximum absolute atomic E-state index is 11.5. The Hall–Kier alpha value is -2.26. The van der Waals surface area contributed by atoms with Crippen molar-refractivity contribution in [1.82, 2.24) is 0 Å². The maximum Gasteiger partial charge on any atom is 0.168 e. The van der Waals surface area contributed by atoms with Crippen molar-refractivity contribution in [3.8, 4) is 5.75 Å². The third kappa shape index (κ3) is 4.40. The van der Waals surface area contributed by atoms with Gasteiger partial charge in [-0.2, -0.15) is 0 Å². The molecule has 0 saturated heterocycles. The fraction of sp³-hybridized carbons (Fsp3) is 0.250. The highest BCUT2D eigenvalue weighted by molar-refractivity contribution is 5.97. The highest BCUT2D eigenvalue weighted by Crippen LogP contribution is 2.13. The van der Waals surface area contributed by atoms with E-state index in [4.69, 9.17) is 10.3 Å². The fourth-order valence-corrected chi connectivity index (χ4v) is 1.13. The quantitative estimate of drug-likeness (QED) is 0.248. The number of carbonyl (C=O) groups is 1. The van der Waals surface area contributed by atoms with E-state index in [0.29, 0.717) is 17.9 Å². The first-order valence-corrected chi connectivity index (χ1v) is 5.05. The van der Waals surface area contributed by atoms with E-state index in [1.165, 1.54) is 0 Å². The lowest BCUT2D eigenvalue weighted by molar-refractivity contribution is 0.100. The van der Waals surface area contributed by atoms with E-state index in [1.807, 2.05) is 6.92 Å². The van der Waals surface area contributed by atoms with Gasteiger partial charge in [0.15, 0.2) is 5.78 Å². The molecule has 0 radical (unpaired) electrons. The number of rotatable bonds is 6. The van der Waals surface area contributed by atoms with Crippen LogP contribution in [0.4, 0.5) is 0 Å². The molecular formula is C12H13N3O2. The Balaban J connectivity index is 2.64. The molecule has 0 aliphatic carbocycles. The van der Waals surface area contributed by atoms with Crippen molar-refractivity contribution in [3.63, 3.8) is 0 Å². The molecule has 0 aliphatic rings. The number of nitrogens with zero attached hydrogens (tertiary/aromatic N) is 3. The molecule has 1 rings (SSSR count). The van der Waals surface area contributed by atoms with Crippen LogP contribution >= 0.6 is 0 Å². The Kier molecular flexibility index (Phi) is 4.78. The molecule has 0 spiro atoms. The third-order valence-electron chi connectivity index (χ3n) is 1.94. The summed E-state index contributed by atoms with van der Waals surface area (Å²) in [6, 6.07) is 6.69. The molecule has 0 heterocycles. The predicted molar refractivity (Wildman–Crippen MR) is 65.1 cm³/mol. The molecule has 1 aromatic carbocycles. The molecule has 0 aromatic heterocycles. The standard InChI is InChI=1S/C12H13N3O2/c1-9(2)8-17-11-5-3-10(4-6-11)12(16)7-14-15-13/h3-6H,1,7-8H2,2H3. The number of azide groups is 1. The Labute approximate surface area is 99.3 Å². The van der Waals surface area contributed by atoms with Gasteiger partial charge in [0.05, 0.1) is 6.54 Å². The van der Waals surface area contributed by atoms with Gasteiger partial charge in [0.2, 0.25) is 0 Å². The lowest BCUT2D eigenvalue weighted by Gasteiger charge is -2.05. The zero-order valence-corrected chi connectivity index (χ0v) is 9.59. The topological polar surface area (TPSA) is 75.1 Å². The fourth-order valence-electron chi connectivity index (χ4n) is 1.13. The summed E-state index contributed by atoms with van der Waals surface area (Å²) in [5.74, 6) is 0.461. The highest BCUT2D eigenvalue weighted by atomic mass is 16.5. The Morgan fingerprint density at radius 3 is 2.65 bits per heavy atom. The summed E-state index contributed by atoms with van der Waals surface area (Å²) < 4.78 is 5.39. The first-order chi connectivity index (χ1) is 8.13. The third-order valence-corrected chi connectivity index (χ3v) is 1.94. The second-order valence-corrected chi connectivity index (χ2v) is 3.58. The van der Waals surface area contributed by atoms with E-state index in [-0.39, 0.29) is 12.3 Å². The van der Waals surface area contributed by atoms with Crippen LogP contribution < -0.4 is 4.74 Å². The summed E-state index contributed by atoms with van der Waals surface area (Å²) >= 11 is 0. The molecule has 5 nitrogen and oxygen atoms in total. The van der Waals surface area contributed by atoms with Gasteiger partial charge in [0.1, 0.15) is 12.4 Å². The molecule has 1 aromatic rings. The van der Waals surface area contributed by atoms with E-state index >= 15 is 0 Å². The van der Waals surface area contributed by atoms with Crippen LogP contribution in [0.3, 0.4) is 0 Å². The molecule has 0 unspecified atom stereocenters. The highest BCUT2D eigenvalue weighted by Gasteiger charge is 2.04. The summed E-state index contributed by atoms with van der Waals surface area (Å²) in [5, 5.41) is 3.22. The predicted octanol–water partition coefficient (Wildman–Crippen LogP) is 3.13. The summed E-state index contributed by atoms with van der Waals surface area (Å²) in [4.78, 5) is 14.0. The van der Waals surface area contributed by atoms with Gasteiger partial charge in [-0.15, -0.1) is 0 Å². The molecule has 0 saturated carbocycles. The van der Waals surface area contributed by atoms with Crippen LogP contribution in [0.25, 0.3) is 10.4 Å². The number of ketones is 1. The van der Waals surface area contributed by atoms with E-state index in [2.05, 4.69) is 16.6 Å². The number of hydrogen-bond acceptors (Lipinski definition) is 3. The Morgan fingerprint density at radius 1 is 1.47 bits per heavy atom. The number of carbonyl (C=O) groups excluding carboxylic acids is 1. The number of benzene rings is 1. The summed E-state index contributed by atoms with van der Waals surface area (Å²) in [6.07, 6.45) is 0. The Morgan fingerprint density at radius 2 is 2.12 bits per heavy atom. The van der Waals surface area contributed by atoms with Crippen molar-refractivity contribution >= 4 is 5.78 Å². The minimum Gasteiger partial charge on any atom is -0.489 e. The lowest BCUT2D eigenvalue weighted by atomic mass is 10.1. The second-order valence-electron chi connectivity index (χ2n) is 3.58. The second kappa shape index (κ2) is 6.35. The van der Waals surface area contributed by atoms with Crippen molar-refractivity contribution in [1.29, 1.82) is 0 Å². The minimum absolute atomic E-state index is 0.164. The average Bonchev–Trinajstić information content (AvgIpc) is 2.34. The molecule has 88 valence electrons. The summed E-state index contributed by atoms with van der Waals surface area (Å²) in [6.45, 7) is 5.88. The number of Topliss-reactive ketones (excluding diaryl/α,β-unsaturated/α-hetero) is 1. The first kappa shape index (κ1) is 12.8. The molecule has 0 fully saturated rings. The van der Waals surface area contributed by atoms with Gasteiger partial charge in [-0.1, -0.05) is 11.7 Å². The first-order valence-electron chi connectivity index (χ1n) is 5.05. The summed E-state index contributed by atoms with van der Waals surface area (Å²) in [7, 11) is 0. The smallest absolute Gasteiger partial charge is 0.168 e. The van der Waals surface area contributed by atoms with Crippen LogP contribution in [0.15, 0.2) is 41.5 Å². The van der Waals surface area contributed by atoms with Crippen LogP contribution in [0.1, 0.15) is 17.3 Å². The van der Waals surface area contributed by atoms with Crippen LogP contribution in [0, 0.1) is 0 Å². The van der Waals surface area contributed by atoms with Crippen molar-refractivity contribution in [2.45, 2.75) is 6.92 Å². The van der Waals surface area contributed by atoms with Gasteiger partial charge in [0.25, 0.3) is 0 Å². The maximum atomic E-state index is 11.5. The van der Waals surface area contributed by atoms with Crippen LogP contribution in [-0.2, 0) is 0 Å². The molecule has 0 bridgehead atoms. The average molecular weight is 231 g/mol. The van der Waals surface area contributed by atoms with Gasteiger partial charge >= 0.3 is 0 Å². The van der Waals surface area contributed by atoms with Gasteiger partial charge in [-0.05, 0) is 42.3 Å². The number of ether oxygens (including phenoxy) is 1. The van der Waals surface area contributed by atoms with Gasteiger partial charge < -0.3 is 4.74 Å². The monoisotopic (exact) mass is 231 g/mol.